The van der Waals surface area contributed by atoms with Crippen LogP contribution in [0.4, 0.5) is 0 Å². The summed E-state index contributed by atoms with van der Waals surface area (Å²) in [5.41, 5.74) is 1.13. The number of nitrogens with one attached hydrogen (secondary N) is 1. The molecule has 0 spiro atoms. The normalized spacial score (nSPS) is 12.6. The van der Waals surface area contributed by atoms with Crippen LogP contribution in [-0.2, 0) is 20.7 Å². The number of carbonyl (C=O) groups is 2. The maximum Gasteiger partial charge on any atom is 0.347 e. The van der Waals surface area contributed by atoms with Gasteiger partial charge in [0.2, 0.25) is 0 Å². The summed E-state index contributed by atoms with van der Waals surface area (Å²) in [4.78, 5) is 24.2. The molecule has 2 aromatic rings. The number of amides is 1. The van der Waals surface area contributed by atoms with Gasteiger partial charge in [0.1, 0.15) is 11.5 Å². The van der Waals surface area contributed by atoms with E-state index in [1.54, 1.807) is 38.3 Å². The van der Waals surface area contributed by atoms with Crippen molar-refractivity contribution in [3.8, 4) is 11.5 Å². The van der Waals surface area contributed by atoms with Gasteiger partial charge in [-0.3, -0.25) is 4.79 Å². The fourth-order valence-electron chi connectivity index (χ4n) is 2.35. The van der Waals surface area contributed by atoms with Crippen molar-refractivity contribution in [3.05, 3.63) is 60.2 Å². The summed E-state index contributed by atoms with van der Waals surface area (Å²) in [6.07, 6.45) is -1.02. The van der Waals surface area contributed by atoms with Gasteiger partial charge in [-0.15, -0.1) is 0 Å². The summed E-state index contributed by atoms with van der Waals surface area (Å²) in [6.45, 7) is 3.59. The van der Waals surface area contributed by atoms with Gasteiger partial charge >= 0.3 is 5.97 Å². The van der Waals surface area contributed by atoms with Crippen LogP contribution < -0.4 is 14.8 Å². The molecular weight excluding hydrogens is 346 g/mol. The van der Waals surface area contributed by atoms with Crippen LogP contribution in [0.5, 0.6) is 11.5 Å². The predicted octanol–water partition coefficient (Wildman–Crippen LogP) is 2.75. The molecule has 1 amide bonds. The summed E-state index contributed by atoms with van der Waals surface area (Å²) in [5, 5.41) is 2.77. The van der Waals surface area contributed by atoms with E-state index in [-0.39, 0.29) is 5.91 Å². The second-order valence-corrected chi connectivity index (χ2v) is 6.04. The Kier molecular flexibility index (Phi) is 7.67. The fourth-order valence-corrected chi connectivity index (χ4v) is 2.35. The standard InChI is InChI=1S/C21H25NO5/c1-15(20(23)22-14-13-17-7-5-4-6-8-17)27-21(24)16(2)26-19-11-9-18(25-3)10-12-19/h4-12,15-16H,13-14H2,1-3H3,(H,22,23). The second kappa shape index (κ2) is 10.2. The van der Waals surface area contributed by atoms with Crippen molar-refractivity contribution in [1.82, 2.24) is 5.32 Å². The van der Waals surface area contributed by atoms with E-state index in [0.29, 0.717) is 24.5 Å². The molecule has 0 aromatic heterocycles. The summed E-state index contributed by atoms with van der Waals surface area (Å²) in [7, 11) is 1.57. The van der Waals surface area contributed by atoms with Gasteiger partial charge in [0.25, 0.3) is 5.91 Å². The molecule has 0 aliphatic carbocycles. The van der Waals surface area contributed by atoms with Crippen LogP contribution in [0.1, 0.15) is 19.4 Å². The van der Waals surface area contributed by atoms with Gasteiger partial charge in [0, 0.05) is 6.54 Å². The molecule has 2 rings (SSSR count). The maximum atomic E-state index is 12.1. The molecule has 27 heavy (non-hydrogen) atoms. The van der Waals surface area contributed by atoms with E-state index >= 15 is 0 Å². The fraction of sp³-hybridized carbons (Fsp3) is 0.333. The molecule has 2 atom stereocenters. The number of hydrogen-bond acceptors (Lipinski definition) is 5. The van der Waals surface area contributed by atoms with Crippen LogP contribution in [-0.4, -0.2) is 37.7 Å². The average molecular weight is 371 g/mol. The highest BCUT2D eigenvalue weighted by Gasteiger charge is 2.23. The zero-order valence-electron chi connectivity index (χ0n) is 15.8. The summed E-state index contributed by atoms with van der Waals surface area (Å²) < 4.78 is 15.8. The first kappa shape index (κ1) is 20.3. The Morgan fingerprint density at radius 2 is 1.56 bits per heavy atom. The Morgan fingerprint density at radius 1 is 0.926 bits per heavy atom. The van der Waals surface area contributed by atoms with Crippen molar-refractivity contribution in [3.63, 3.8) is 0 Å². The summed E-state index contributed by atoms with van der Waals surface area (Å²) >= 11 is 0. The van der Waals surface area contributed by atoms with Gasteiger partial charge in [-0.05, 0) is 50.1 Å². The van der Waals surface area contributed by atoms with Crippen molar-refractivity contribution < 1.29 is 23.8 Å². The highest BCUT2D eigenvalue weighted by molar-refractivity contribution is 5.84. The zero-order valence-corrected chi connectivity index (χ0v) is 15.8. The molecule has 0 bridgehead atoms. The molecule has 0 saturated carbocycles. The molecule has 6 nitrogen and oxygen atoms in total. The molecule has 0 radical (unpaired) electrons. The number of hydrogen-bond donors (Lipinski definition) is 1. The number of methoxy groups -OCH3 is 1. The molecule has 144 valence electrons. The maximum absolute atomic E-state index is 12.1. The van der Waals surface area contributed by atoms with Crippen LogP contribution in [0.3, 0.4) is 0 Å². The zero-order chi connectivity index (χ0) is 19.6. The topological polar surface area (TPSA) is 73.9 Å². The quantitative estimate of drug-likeness (QED) is 0.686. The molecule has 6 heteroatoms. The molecule has 0 aliphatic heterocycles. The average Bonchev–Trinajstić information content (AvgIpc) is 2.69. The van der Waals surface area contributed by atoms with Crippen molar-refractivity contribution in [2.45, 2.75) is 32.5 Å². The van der Waals surface area contributed by atoms with Crippen LogP contribution in [0.2, 0.25) is 0 Å². The van der Waals surface area contributed by atoms with Crippen LogP contribution in [0, 0.1) is 0 Å². The second-order valence-electron chi connectivity index (χ2n) is 6.04. The third-order valence-electron chi connectivity index (χ3n) is 3.92. The van der Waals surface area contributed by atoms with Crippen molar-refractivity contribution in [2.24, 2.45) is 0 Å². The Hall–Kier alpha value is -3.02. The van der Waals surface area contributed by atoms with Gasteiger partial charge in [-0.25, -0.2) is 4.79 Å². The first-order chi connectivity index (χ1) is 13.0. The van der Waals surface area contributed by atoms with E-state index < -0.39 is 18.2 Å². The van der Waals surface area contributed by atoms with Crippen LogP contribution in [0.15, 0.2) is 54.6 Å². The predicted molar refractivity (Wildman–Crippen MR) is 102 cm³/mol. The van der Waals surface area contributed by atoms with Crippen molar-refractivity contribution >= 4 is 11.9 Å². The monoisotopic (exact) mass is 371 g/mol. The van der Waals surface area contributed by atoms with E-state index in [1.165, 1.54) is 6.92 Å². The molecular formula is C21H25NO5. The molecule has 0 aliphatic rings. The minimum absolute atomic E-state index is 0.337. The number of rotatable bonds is 9. The Labute approximate surface area is 159 Å². The highest BCUT2D eigenvalue weighted by Crippen LogP contribution is 2.18. The molecule has 2 unspecified atom stereocenters. The van der Waals surface area contributed by atoms with Crippen molar-refractivity contribution in [1.29, 1.82) is 0 Å². The smallest absolute Gasteiger partial charge is 0.347 e. The lowest BCUT2D eigenvalue weighted by Gasteiger charge is -2.18. The van der Waals surface area contributed by atoms with E-state index in [0.717, 1.165) is 5.56 Å². The minimum Gasteiger partial charge on any atom is -0.497 e. The Morgan fingerprint density at radius 3 is 2.19 bits per heavy atom. The number of esters is 1. The molecule has 2 aromatic carbocycles. The highest BCUT2D eigenvalue weighted by atomic mass is 16.6. The van der Waals surface area contributed by atoms with Gasteiger partial charge < -0.3 is 19.5 Å². The third-order valence-corrected chi connectivity index (χ3v) is 3.92. The third kappa shape index (κ3) is 6.66. The Balaban J connectivity index is 1.74. The SMILES string of the molecule is COc1ccc(OC(C)C(=O)OC(C)C(=O)NCCc2ccccc2)cc1. The summed E-state index contributed by atoms with van der Waals surface area (Å²) in [5.74, 6) is 0.269. The van der Waals surface area contributed by atoms with Gasteiger partial charge in [0.15, 0.2) is 12.2 Å². The number of ether oxygens (including phenoxy) is 3. The van der Waals surface area contributed by atoms with E-state index in [9.17, 15) is 9.59 Å². The van der Waals surface area contributed by atoms with E-state index in [1.807, 2.05) is 30.3 Å². The Bertz CT molecular complexity index is 730. The summed E-state index contributed by atoms with van der Waals surface area (Å²) in [6, 6.07) is 16.7. The van der Waals surface area contributed by atoms with Gasteiger partial charge in [0.05, 0.1) is 7.11 Å². The van der Waals surface area contributed by atoms with Gasteiger partial charge in [-0.1, -0.05) is 30.3 Å². The number of benzene rings is 2. The van der Waals surface area contributed by atoms with E-state index in [2.05, 4.69) is 5.32 Å². The van der Waals surface area contributed by atoms with Crippen molar-refractivity contribution in [2.75, 3.05) is 13.7 Å². The molecule has 0 fully saturated rings. The van der Waals surface area contributed by atoms with E-state index in [4.69, 9.17) is 14.2 Å². The first-order valence-corrected chi connectivity index (χ1v) is 8.82. The first-order valence-electron chi connectivity index (χ1n) is 8.82. The lowest BCUT2D eigenvalue weighted by atomic mass is 10.1. The molecule has 1 N–H and O–H groups in total. The lowest BCUT2D eigenvalue weighted by molar-refractivity contribution is -0.160. The van der Waals surface area contributed by atoms with Crippen LogP contribution >= 0.6 is 0 Å². The largest absolute Gasteiger partial charge is 0.497 e. The number of carbonyl (C=O) groups excluding carboxylic acids is 2. The van der Waals surface area contributed by atoms with Crippen LogP contribution in [0.25, 0.3) is 0 Å². The lowest BCUT2D eigenvalue weighted by Crippen LogP contribution is -2.39. The minimum atomic E-state index is -0.893. The molecule has 0 heterocycles. The van der Waals surface area contributed by atoms with Gasteiger partial charge in [-0.2, -0.15) is 0 Å². The molecule has 0 saturated heterocycles.